The van der Waals surface area contributed by atoms with Gasteiger partial charge in [0.1, 0.15) is 5.82 Å². The van der Waals surface area contributed by atoms with E-state index in [0.29, 0.717) is 30.9 Å². The number of aromatic nitrogens is 2. The Morgan fingerprint density at radius 3 is 2.67 bits per heavy atom. The van der Waals surface area contributed by atoms with Gasteiger partial charge in [0, 0.05) is 37.6 Å². The molecule has 0 bridgehead atoms. The Morgan fingerprint density at radius 1 is 1.25 bits per heavy atom. The van der Waals surface area contributed by atoms with Crippen molar-refractivity contribution in [3.63, 3.8) is 0 Å². The fourth-order valence-corrected chi connectivity index (χ4v) is 4.43. The molecule has 0 radical (unpaired) electrons. The van der Waals surface area contributed by atoms with Gasteiger partial charge in [-0.15, -0.1) is 6.58 Å². The lowest BCUT2D eigenvalue weighted by Gasteiger charge is -2.22. The number of nitrogens with zero attached hydrogens (tertiary/aromatic N) is 4. The van der Waals surface area contributed by atoms with Gasteiger partial charge in [0.15, 0.2) is 5.78 Å². The van der Waals surface area contributed by atoms with E-state index in [0.717, 1.165) is 44.7 Å². The minimum absolute atomic E-state index is 0.0524. The van der Waals surface area contributed by atoms with Crippen LogP contribution in [-0.4, -0.2) is 59.9 Å². The fourth-order valence-electron chi connectivity index (χ4n) is 4.43. The fraction of sp³-hybridized carbons (Fsp3) is 0.571. The van der Waals surface area contributed by atoms with Crippen molar-refractivity contribution in [3.8, 4) is 0 Å². The highest BCUT2D eigenvalue weighted by Crippen LogP contribution is 2.26. The highest BCUT2D eigenvalue weighted by molar-refractivity contribution is 5.88. The van der Waals surface area contributed by atoms with Crippen molar-refractivity contribution in [1.82, 2.24) is 20.0 Å². The summed E-state index contributed by atoms with van der Waals surface area (Å²) in [5, 5.41) is 10.9. The molecule has 1 unspecified atom stereocenters. The van der Waals surface area contributed by atoms with Gasteiger partial charge in [0.25, 0.3) is 0 Å². The summed E-state index contributed by atoms with van der Waals surface area (Å²) in [5.74, 6) is -0.229. The molecule has 2 heterocycles. The Morgan fingerprint density at radius 2 is 2.03 bits per heavy atom. The highest BCUT2D eigenvalue weighted by Gasteiger charge is 2.24. The number of allylic oxidation sites excluding steroid dienone is 1. The molecule has 2 aromatic rings. The molecule has 3 rings (SSSR count). The molecule has 1 atom stereocenters. The van der Waals surface area contributed by atoms with Crippen LogP contribution in [-0.2, 0) is 24.3 Å². The largest absolute Gasteiger partial charge is 0.375 e. The third-order valence-electron chi connectivity index (χ3n) is 6.18. The van der Waals surface area contributed by atoms with Gasteiger partial charge in [-0.1, -0.05) is 33.8 Å². The molecule has 1 aliphatic heterocycles. The first-order valence-corrected chi connectivity index (χ1v) is 13.4. The van der Waals surface area contributed by atoms with Crippen LogP contribution in [0.2, 0.25) is 0 Å². The van der Waals surface area contributed by atoms with E-state index in [-0.39, 0.29) is 24.2 Å². The molecule has 1 aromatic heterocycles. The number of rotatable bonds is 14. The van der Waals surface area contributed by atoms with Crippen LogP contribution in [0.5, 0.6) is 0 Å². The zero-order chi connectivity index (χ0) is 26.5. The first kappa shape index (κ1) is 29.5. The zero-order valence-corrected chi connectivity index (χ0v) is 22.8. The molecule has 1 saturated heterocycles. The summed E-state index contributed by atoms with van der Waals surface area (Å²) in [6.07, 6.45) is 5.17. The number of likely N-dealkylation sites (N-methyl/N-ethyl adjacent to an activating group) is 1. The van der Waals surface area contributed by atoms with Crippen LogP contribution in [0.4, 0.5) is 15.8 Å². The van der Waals surface area contributed by atoms with E-state index in [2.05, 4.69) is 51.6 Å². The molecule has 0 aliphatic carbocycles. The average Bonchev–Trinajstić information content (AvgIpc) is 3.50. The number of carbonyl (C=O) groups excluding carboxylic acids is 1. The van der Waals surface area contributed by atoms with Gasteiger partial charge in [-0.2, -0.15) is 5.10 Å². The number of aryl methyl sites for hydroxylation is 2. The molecule has 0 saturated carbocycles. The van der Waals surface area contributed by atoms with Crippen molar-refractivity contribution in [2.45, 2.75) is 72.5 Å². The van der Waals surface area contributed by atoms with Crippen molar-refractivity contribution in [2.75, 3.05) is 43.6 Å². The molecule has 36 heavy (non-hydrogen) atoms. The topological polar surface area (TPSA) is 65.4 Å². The van der Waals surface area contributed by atoms with Gasteiger partial charge in [-0.3, -0.25) is 14.4 Å². The molecule has 1 aliphatic rings. The Hall–Kier alpha value is -2.71. The molecule has 200 valence electrons. The van der Waals surface area contributed by atoms with Crippen LogP contribution < -0.4 is 15.5 Å². The maximum Gasteiger partial charge on any atom is 0.168 e. The summed E-state index contributed by atoms with van der Waals surface area (Å²) in [5.41, 5.74) is 3.54. The Balaban J connectivity index is 0.00000222. The second kappa shape index (κ2) is 15.4. The van der Waals surface area contributed by atoms with Crippen molar-refractivity contribution < 1.29 is 9.18 Å². The van der Waals surface area contributed by atoms with Gasteiger partial charge in [0.05, 0.1) is 30.6 Å². The predicted octanol–water partition coefficient (Wildman–Crippen LogP) is 4.84. The third-order valence-corrected chi connectivity index (χ3v) is 6.18. The smallest absolute Gasteiger partial charge is 0.168 e. The number of halogens is 1. The number of Topliss-reactive ketones (excluding diaryl/α,β-unsaturated/α-hetero) is 1. The monoisotopic (exact) mass is 500 g/mol. The van der Waals surface area contributed by atoms with Gasteiger partial charge in [0.2, 0.25) is 0 Å². The van der Waals surface area contributed by atoms with E-state index < -0.39 is 0 Å². The van der Waals surface area contributed by atoms with Crippen LogP contribution >= 0.6 is 0 Å². The second-order valence-corrected chi connectivity index (χ2v) is 8.89. The molecule has 2 N–H and O–H groups in total. The summed E-state index contributed by atoms with van der Waals surface area (Å²) >= 11 is 0. The first-order chi connectivity index (χ1) is 17.5. The molecule has 1 fully saturated rings. The maximum absolute atomic E-state index is 15.1. The highest BCUT2D eigenvalue weighted by atomic mass is 19.1. The van der Waals surface area contributed by atoms with E-state index >= 15 is 4.39 Å². The number of hydrogen-bond donors (Lipinski definition) is 2. The summed E-state index contributed by atoms with van der Waals surface area (Å²) < 4.78 is 17.2. The summed E-state index contributed by atoms with van der Waals surface area (Å²) in [6.45, 7) is 16.3. The normalized spacial score (nSPS) is 14.3. The third kappa shape index (κ3) is 8.17. The van der Waals surface area contributed by atoms with Crippen molar-refractivity contribution in [2.24, 2.45) is 0 Å². The van der Waals surface area contributed by atoms with E-state index in [4.69, 9.17) is 5.10 Å². The van der Waals surface area contributed by atoms with E-state index in [1.165, 1.54) is 11.8 Å². The van der Waals surface area contributed by atoms with Gasteiger partial charge >= 0.3 is 0 Å². The minimum Gasteiger partial charge on any atom is -0.375 e. The maximum atomic E-state index is 15.1. The number of carbonyl (C=O) groups is 1. The lowest BCUT2D eigenvalue weighted by atomic mass is 10.1. The quantitative estimate of drug-likeness (QED) is 0.362. The van der Waals surface area contributed by atoms with Gasteiger partial charge in [-0.05, 0) is 57.0 Å². The Kier molecular flexibility index (Phi) is 12.6. The summed E-state index contributed by atoms with van der Waals surface area (Å²) in [6, 6.07) is 6.97. The molecule has 1 aromatic carbocycles. The molecule has 0 spiro atoms. The number of nitrogens with one attached hydrogen (secondary N) is 2. The summed E-state index contributed by atoms with van der Waals surface area (Å²) in [7, 11) is 1.75. The Bertz CT molecular complexity index is 960. The van der Waals surface area contributed by atoms with E-state index in [9.17, 15) is 4.79 Å². The van der Waals surface area contributed by atoms with Gasteiger partial charge in [-0.25, -0.2) is 4.39 Å². The van der Waals surface area contributed by atoms with Crippen LogP contribution in [0.3, 0.4) is 0 Å². The SMILES string of the molecule is C=CCCC(Nc1ccc(N2CCN(Cc3cc(CC)n(CCC)n3)C2)c(F)c1)C(=O)CNC.CC. The minimum atomic E-state index is -0.376. The standard InChI is InChI=1S/C26H39FN6O.C2H6/c1-5-8-9-24(26(34)17-28-4)29-20-10-11-25(23(27)16-20)32-14-13-31(19-32)18-21-15-22(7-3)33(30-21)12-6-2;1-2/h5,10-11,15-16,24,28-29H,1,6-9,12-14,17-19H2,2-4H3;1-2H3. The average molecular weight is 501 g/mol. The molecular weight excluding hydrogens is 455 g/mol. The zero-order valence-electron chi connectivity index (χ0n) is 22.8. The van der Waals surface area contributed by atoms with Crippen molar-refractivity contribution >= 4 is 17.2 Å². The lowest BCUT2D eigenvalue weighted by molar-refractivity contribution is -0.119. The van der Waals surface area contributed by atoms with Crippen LogP contribution in [0.1, 0.15) is 58.3 Å². The van der Waals surface area contributed by atoms with Crippen molar-refractivity contribution in [1.29, 1.82) is 0 Å². The lowest BCUT2D eigenvalue weighted by Crippen LogP contribution is -2.35. The molecule has 0 amide bonds. The van der Waals surface area contributed by atoms with Crippen LogP contribution in [0, 0.1) is 5.82 Å². The number of hydrogen-bond acceptors (Lipinski definition) is 6. The van der Waals surface area contributed by atoms with Crippen LogP contribution in [0.25, 0.3) is 0 Å². The number of anilines is 2. The molecule has 7 nitrogen and oxygen atoms in total. The second-order valence-electron chi connectivity index (χ2n) is 8.89. The van der Waals surface area contributed by atoms with E-state index in [1.807, 2.05) is 19.9 Å². The number of benzene rings is 1. The first-order valence-electron chi connectivity index (χ1n) is 13.4. The van der Waals surface area contributed by atoms with E-state index in [1.54, 1.807) is 19.2 Å². The molecular formula is C28H45FN6O. The van der Waals surface area contributed by atoms with Gasteiger partial charge < -0.3 is 15.5 Å². The Labute approximate surface area is 216 Å². The summed E-state index contributed by atoms with van der Waals surface area (Å²) in [4.78, 5) is 16.8. The van der Waals surface area contributed by atoms with Crippen LogP contribution in [0.15, 0.2) is 36.9 Å². The number of ketones is 1. The van der Waals surface area contributed by atoms with Crippen molar-refractivity contribution in [3.05, 3.63) is 54.1 Å². The predicted molar refractivity (Wildman–Crippen MR) is 148 cm³/mol. The molecule has 8 heteroatoms.